The number of thioether (sulfide) groups is 1. The molecule has 0 spiro atoms. The molecule has 1 heterocycles. The molecule has 2 aromatic rings. The van der Waals surface area contributed by atoms with Gasteiger partial charge in [0, 0.05) is 18.1 Å². The van der Waals surface area contributed by atoms with E-state index < -0.39 is 0 Å². The first-order valence-electron chi connectivity index (χ1n) is 7.67. The summed E-state index contributed by atoms with van der Waals surface area (Å²) in [5.41, 5.74) is 1.78. The third-order valence-electron chi connectivity index (χ3n) is 4.27. The van der Waals surface area contributed by atoms with Gasteiger partial charge in [0.2, 0.25) is 5.91 Å². The number of hydrogen-bond donors (Lipinski definition) is 1. The van der Waals surface area contributed by atoms with Crippen LogP contribution >= 0.6 is 23.4 Å². The van der Waals surface area contributed by atoms with Gasteiger partial charge in [0.15, 0.2) is 5.16 Å². The van der Waals surface area contributed by atoms with Crippen LogP contribution in [0.4, 0.5) is 0 Å². The molecule has 6 heteroatoms. The lowest BCUT2D eigenvalue weighted by Gasteiger charge is -2.31. The van der Waals surface area contributed by atoms with E-state index in [2.05, 4.69) is 9.97 Å². The third-order valence-corrected chi connectivity index (χ3v) is 5.36. The van der Waals surface area contributed by atoms with E-state index in [4.69, 9.17) is 11.6 Å². The van der Waals surface area contributed by atoms with Crippen LogP contribution < -0.4 is 0 Å². The van der Waals surface area contributed by atoms with Crippen molar-refractivity contribution < 1.29 is 4.79 Å². The van der Waals surface area contributed by atoms with E-state index in [0.717, 1.165) is 29.0 Å². The lowest BCUT2D eigenvalue weighted by molar-refractivity contribution is -0.129. The Bertz CT molecular complexity index is 666. The molecule has 1 fully saturated rings. The van der Waals surface area contributed by atoms with E-state index >= 15 is 0 Å². The van der Waals surface area contributed by atoms with E-state index in [1.807, 2.05) is 30.1 Å². The number of H-pyrrole nitrogens is 1. The van der Waals surface area contributed by atoms with Gasteiger partial charge in [-0.2, -0.15) is 0 Å². The van der Waals surface area contributed by atoms with Crippen LogP contribution in [-0.2, 0) is 4.79 Å². The summed E-state index contributed by atoms with van der Waals surface area (Å²) in [5.74, 6) is 0.594. The molecule has 0 unspecified atom stereocenters. The first kappa shape index (κ1) is 15.7. The van der Waals surface area contributed by atoms with Gasteiger partial charge in [-0.25, -0.2) is 4.98 Å². The Balaban J connectivity index is 1.59. The lowest BCUT2D eigenvalue weighted by atomic mass is 9.94. The molecule has 0 saturated heterocycles. The van der Waals surface area contributed by atoms with Crippen molar-refractivity contribution >= 4 is 40.3 Å². The van der Waals surface area contributed by atoms with Gasteiger partial charge < -0.3 is 9.88 Å². The number of halogens is 1. The second kappa shape index (κ2) is 6.92. The fourth-order valence-corrected chi connectivity index (χ4v) is 3.91. The van der Waals surface area contributed by atoms with Crippen LogP contribution in [0.15, 0.2) is 23.4 Å². The predicted octanol–water partition coefficient (Wildman–Crippen LogP) is 4.10. The van der Waals surface area contributed by atoms with Crippen molar-refractivity contribution in [3.8, 4) is 0 Å². The van der Waals surface area contributed by atoms with Crippen molar-refractivity contribution in [2.75, 3.05) is 12.8 Å². The van der Waals surface area contributed by atoms with Gasteiger partial charge >= 0.3 is 0 Å². The molecule has 0 atom stereocenters. The number of nitrogens with zero attached hydrogens (tertiary/aromatic N) is 2. The van der Waals surface area contributed by atoms with Gasteiger partial charge in [-0.3, -0.25) is 4.79 Å². The molecule has 22 heavy (non-hydrogen) atoms. The fraction of sp³-hybridized carbons (Fsp3) is 0.500. The van der Waals surface area contributed by atoms with Gasteiger partial charge in [-0.05, 0) is 31.0 Å². The van der Waals surface area contributed by atoms with Crippen LogP contribution in [0.25, 0.3) is 11.0 Å². The number of amides is 1. The average Bonchev–Trinajstić information content (AvgIpc) is 2.94. The minimum Gasteiger partial charge on any atom is -0.342 e. The highest BCUT2D eigenvalue weighted by Crippen LogP contribution is 2.24. The number of aromatic amines is 1. The smallest absolute Gasteiger partial charge is 0.233 e. The summed E-state index contributed by atoms with van der Waals surface area (Å²) in [4.78, 5) is 21.9. The van der Waals surface area contributed by atoms with Gasteiger partial charge in [0.1, 0.15) is 0 Å². The number of imidazole rings is 1. The van der Waals surface area contributed by atoms with Crippen LogP contribution in [0.3, 0.4) is 0 Å². The van der Waals surface area contributed by atoms with E-state index in [1.165, 1.54) is 31.0 Å². The van der Waals surface area contributed by atoms with E-state index in [-0.39, 0.29) is 5.91 Å². The Morgan fingerprint density at radius 3 is 2.95 bits per heavy atom. The van der Waals surface area contributed by atoms with Crippen molar-refractivity contribution in [1.82, 2.24) is 14.9 Å². The molecule has 1 aliphatic carbocycles. The molecule has 1 aromatic carbocycles. The number of fused-ring (bicyclic) bond motifs is 1. The number of nitrogens with one attached hydrogen (secondary N) is 1. The maximum atomic E-state index is 12.3. The summed E-state index contributed by atoms with van der Waals surface area (Å²) in [7, 11) is 1.93. The number of benzene rings is 1. The van der Waals surface area contributed by atoms with E-state index in [9.17, 15) is 4.79 Å². The Hall–Kier alpha value is -1.20. The molecule has 1 N–H and O–H groups in total. The Morgan fingerprint density at radius 2 is 2.18 bits per heavy atom. The maximum absolute atomic E-state index is 12.3. The predicted molar refractivity (Wildman–Crippen MR) is 91.5 cm³/mol. The van der Waals surface area contributed by atoms with Crippen LogP contribution in [0, 0.1) is 0 Å². The Labute approximate surface area is 139 Å². The summed E-state index contributed by atoms with van der Waals surface area (Å²) in [6.45, 7) is 0. The number of hydrogen-bond acceptors (Lipinski definition) is 3. The van der Waals surface area contributed by atoms with Gasteiger partial charge in [-0.15, -0.1) is 0 Å². The molecule has 1 aliphatic rings. The highest BCUT2D eigenvalue weighted by Gasteiger charge is 2.22. The van der Waals surface area contributed by atoms with Crippen LogP contribution in [-0.4, -0.2) is 39.6 Å². The summed E-state index contributed by atoms with van der Waals surface area (Å²) in [6, 6.07) is 5.97. The van der Waals surface area contributed by atoms with E-state index in [1.54, 1.807) is 0 Å². The molecular formula is C16H20ClN3OS. The molecule has 0 radical (unpaired) electrons. The van der Waals surface area contributed by atoms with Gasteiger partial charge in [0.05, 0.1) is 16.8 Å². The zero-order chi connectivity index (χ0) is 15.5. The standard InChI is InChI=1S/C16H20ClN3OS/c1-20(12-5-3-2-4-6-12)15(21)10-22-16-18-13-8-7-11(17)9-14(13)19-16/h7-9,12H,2-6,10H2,1H3,(H,18,19). The van der Waals surface area contributed by atoms with Gasteiger partial charge in [0.25, 0.3) is 0 Å². The lowest BCUT2D eigenvalue weighted by Crippen LogP contribution is -2.39. The first-order chi connectivity index (χ1) is 10.6. The SMILES string of the molecule is CN(C(=O)CSc1nc2ccc(Cl)cc2[nH]1)C1CCCCC1. The molecule has 3 rings (SSSR count). The summed E-state index contributed by atoms with van der Waals surface area (Å²) >= 11 is 7.42. The Kier molecular flexibility index (Phi) is 4.93. The van der Waals surface area contributed by atoms with Crippen LogP contribution in [0.1, 0.15) is 32.1 Å². The normalized spacial score (nSPS) is 16.1. The summed E-state index contributed by atoms with van der Waals surface area (Å²) in [5, 5.41) is 1.45. The molecule has 1 aromatic heterocycles. The van der Waals surface area contributed by atoms with Gasteiger partial charge in [-0.1, -0.05) is 42.6 Å². The maximum Gasteiger partial charge on any atom is 0.233 e. The van der Waals surface area contributed by atoms with E-state index in [0.29, 0.717) is 16.8 Å². The molecule has 118 valence electrons. The first-order valence-corrected chi connectivity index (χ1v) is 9.03. The zero-order valence-corrected chi connectivity index (χ0v) is 14.2. The fourth-order valence-electron chi connectivity index (χ4n) is 2.93. The number of rotatable bonds is 4. The third kappa shape index (κ3) is 3.58. The number of aromatic nitrogens is 2. The second-order valence-corrected chi connectivity index (χ2v) is 7.19. The topological polar surface area (TPSA) is 49.0 Å². The van der Waals surface area contributed by atoms with Crippen molar-refractivity contribution in [1.29, 1.82) is 0 Å². The molecule has 0 aliphatic heterocycles. The van der Waals surface area contributed by atoms with Crippen LogP contribution in [0.2, 0.25) is 5.02 Å². The number of carbonyl (C=O) groups excluding carboxylic acids is 1. The van der Waals surface area contributed by atoms with Crippen molar-refractivity contribution in [3.63, 3.8) is 0 Å². The highest BCUT2D eigenvalue weighted by atomic mass is 35.5. The van der Waals surface area contributed by atoms with Crippen molar-refractivity contribution in [2.24, 2.45) is 0 Å². The number of carbonyl (C=O) groups is 1. The molecular weight excluding hydrogens is 318 g/mol. The molecule has 1 saturated carbocycles. The molecule has 0 bridgehead atoms. The average molecular weight is 338 g/mol. The molecule has 4 nitrogen and oxygen atoms in total. The molecule has 1 amide bonds. The zero-order valence-electron chi connectivity index (χ0n) is 12.6. The monoisotopic (exact) mass is 337 g/mol. The Morgan fingerprint density at radius 1 is 1.41 bits per heavy atom. The second-order valence-electron chi connectivity index (χ2n) is 5.79. The summed E-state index contributed by atoms with van der Waals surface area (Å²) < 4.78 is 0. The minimum absolute atomic E-state index is 0.176. The quantitative estimate of drug-likeness (QED) is 0.854. The summed E-state index contributed by atoms with van der Waals surface area (Å²) in [6.07, 6.45) is 6.04. The van der Waals surface area contributed by atoms with Crippen molar-refractivity contribution in [2.45, 2.75) is 43.3 Å². The minimum atomic E-state index is 0.176. The largest absolute Gasteiger partial charge is 0.342 e. The van der Waals surface area contributed by atoms with Crippen molar-refractivity contribution in [3.05, 3.63) is 23.2 Å². The van der Waals surface area contributed by atoms with Crippen LogP contribution in [0.5, 0.6) is 0 Å². The highest BCUT2D eigenvalue weighted by molar-refractivity contribution is 7.99.